The molecule has 1 aliphatic rings. The zero-order valence-electron chi connectivity index (χ0n) is 9.12. The number of nitrogens with two attached hydrogens (primary N) is 1. The van der Waals surface area contributed by atoms with Crippen LogP contribution < -0.4 is 5.73 Å². The molecule has 82 valence electrons. The number of carbonyl (C=O) groups is 1. The molecule has 2 N–H and O–H groups in total. The fraction of sp³-hybridized carbons (Fsp3) is 0.545. The fourth-order valence-corrected chi connectivity index (χ4v) is 2.07. The highest BCUT2D eigenvalue weighted by molar-refractivity contribution is 5.87. The summed E-state index contributed by atoms with van der Waals surface area (Å²) in [6, 6.07) is 3.78. The molecule has 4 heteroatoms. The van der Waals surface area contributed by atoms with Crippen molar-refractivity contribution in [2.75, 3.05) is 13.7 Å². The summed E-state index contributed by atoms with van der Waals surface area (Å²) in [4.78, 5) is 11.4. The summed E-state index contributed by atoms with van der Waals surface area (Å²) in [5.74, 6) is -0.295. The molecule has 0 aliphatic heterocycles. The zero-order chi connectivity index (χ0) is 11.1. The lowest BCUT2D eigenvalue weighted by Gasteiger charge is -2.14. The molecule has 4 nitrogen and oxygen atoms in total. The average molecular weight is 208 g/mol. The molecule has 2 rings (SSSR count). The van der Waals surface area contributed by atoms with E-state index in [1.165, 1.54) is 7.11 Å². The van der Waals surface area contributed by atoms with E-state index in [0.29, 0.717) is 12.2 Å². The molecule has 0 bridgehead atoms. The normalized spacial score (nSPS) is 17.5. The highest BCUT2D eigenvalue weighted by Gasteiger charge is 2.45. The van der Waals surface area contributed by atoms with Gasteiger partial charge in [0.05, 0.1) is 7.11 Å². The number of aromatic nitrogens is 1. The van der Waals surface area contributed by atoms with Crippen LogP contribution >= 0.6 is 0 Å². The zero-order valence-corrected chi connectivity index (χ0v) is 9.12. The second-order valence-corrected chi connectivity index (χ2v) is 4.14. The Morgan fingerprint density at radius 1 is 1.60 bits per heavy atom. The second kappa shape index (κ2) is 3.38. The summed E-state index contributed by atoms with van der Waals surface area (Å²) in [5.41, 5.74) is 7.60. The average Bonchev–Trinajstić information content (AvgIpc) is 2.96. The van der Waals surface area contributed by atoms with Gasteiger partial charge >= 0.3 is 5.97 Å². The Morgan fingerprint density at radius 3 is 2.73 bits per heavy atom. The number of hydrogen-bond acceptors (Lipinski definition) is 3. The summed E-state index contributed by atoms with van der Waals surface area (Å²) in [7, 11) is 3.28. The molecule has 1 saturated carbocycles. The van der Waals surface area contributed by atoms with Gasteiger partial charge in [0.2, 0.25) is 0 Å². The van der Waals surface area contributed by atoms with Gasteiger partial charge in [-0.15, -0.1) is 0 Å². The highest BCUT2D eigenvalue weighted by Crippen LogP contribution is 2.47. The predicted octanol–water partition coefficient (Wildman–Crippen LogP) is 0.802. The number of rotatable bonds is 3. The lowest BCUT2D eigenvalue weighted by molar-refractivity contribution is 0.0589. The standard InChI is InChI=1S/C11H16N2O2/c1-13-8(10(14)15-2)3-4-9(13)11(7-12)5-6-11/h3-4H,5-7,12H2,1-2H3. The lowest BCUT2D eigenvalue weighted by atomic mass is 10.0. The van der Waals surface area contributed by atoms with Crippen LogP contribution in [0.2, 0.25) is 0 Å². The third-order valence-corrected chi connectivity index (χ3v) is 3.30. The van der Waals surface area contributed by atoms with Gasteiger partial charge < -0.3 is 15.0 Å². The van der Waals surface area contributed by atoms with E-state index in [0.717, 1.165) is 18.5 Å². The Morgan fingerprint density at radius 2 is 2.27 bits per heavy atom. The number of nitrogens with zero attached hydrogens (tertiary/aromatic N) is 1. The molecule has 0 unspecified atom stereocenters. The van der Waals surface area contributed by atoms with E-state index in [1.54, 1.807) is 6.07 Å². The maximum atomic E-state index is 11.4. The highest BCUT2D eigenvalue weighted by atomic mass is 16.5. The van der Waals surface area contributed by atoms with Crippen molar-refractivity contribution >= 4 is 5.97 Å². The van der Waals surface area contributed by atoms with Gasteiger partial charge in [0.1, 0.15) is 5.69 Å². The molecule has 0 radical (unpaired) electrons. The van der Waals surface area contributed by atoms with Crippen LogP contribution in [0.4, 0.5) is 0 Å². The quantitative estimate of drug-likeness (QED) is 0.747. The molecule has 0 atom stereocenters. The van der Waals surface area contributed by atoms with Crippen molar-refractivity contribution in [3.8, 4) is 0 Å². The molecule has 15 heavy (non-hydrogen) atoms. The maximum Gasteiger partial charge on any atom is 0.354 e. The Kier molecular flexibility index (Phi) is 2.31. The molecule has 0 saturated heterocycles. The Labute approximate surface area is 89.0 Å². The van der Waals surface area contributed by atoms with Crippen LogP contribution in [-0.2, 0) is 17.2 Å². The van der Waals surface area contributed by atoms with E-state index in [2.05, 4.69) is 0 Å². The number of esters is 1. The van der Waals surface area contributed by atoms with E-state index >= 15 is 0 Å². The molecule has 1 heterocycles. The minimum Gasteiger partial charge on any atom is -0.464 e. The van der Waals surface area contributed by atoms with Crippen LogP contribution in [0.1, 0.15) is 29.0 Å². The number of ether oxygens (including phenoxy) is 1. The molecule has 1 aromatic rings. The maximum absolute atomic E-state index is 11.4. The van der Waals surface area contributed by atoms with Gasteiger partial charge in [0.15, 0.2) is 0 Å². The SMILES string of the molecule is COC(=O)c1ccc(C2(CN)CC2)n1C. The van der Waals surface area contributed by atoms with Gasteiger partial charge in [-0.05, 0) is 25.0 Å². The minimum atomic E-state index is -0.295. The van der Waals surface area contributed by atoms with Crippen molar-refractivity contribution < 1.29 is 9.53 Å². The van der Waals surface area contributed by atoms with E-state index in [4.69, 9.17) is 10.5 Å². The molecule has 1 fully saturated rings. The van der Waals surface area contributed by atoms with Gasteiger partial charge in [-0.25, -0.2) is 4.79 Å². The Hall–Kier alpha value is -1.29. The third-order valence-electron chi connectivity index (χ3n) is 3.30. The largest absolute Gasteiger partial charge is 0.464 e. The van der Waals surface area contributed by atoms with Crippen molar-refractivity contribution in [1.82, 2.24) is 4.57 Å². The first-order chi connectivity index (χ1) is 7.14. The van der Waals surface area contributed by atoms with E-state index in [-0.39, 0.29) is 11.4 Å². The van der Waals surface area contributed by atoms with Crippen LogP contribution in [0.5, 0.6) is 0 Å². The fourth-order valence-electron chi connectivity index (χ4n) is 2.07. The van der Waals surface area contributed by atoms with Crippen molar-refractivity contribution in [2.45, 2.75) is 18.3 Å². The van der Waals surface area contributed by atoms with Crippen LogP contribution in [-0.4, -0.2) is 24.2 Å². The number of methoxy groups -OCH3 is 1. The summed E-state index contributed by atoms with van der Waals surface area (Å²) >= 11 is 0. The minimum absolute atomic E-state index is 0.112. The van der Waals surface area contributed by atoms with E-state index < -0.39 is 0 Å². The van der Waals surface area contributed by atoms with Crippen LogP contribution in [0.15, 0.2) is 12.1 Å². The molecular formula is C11H16N2O2. The van der Waals surface area contributed by atoms with E-state index in [9.17, 15) is 4.79 Å². The van der Waals surface area contributed by atoms with Gasteiger partial charge in [-0.2, -0.15) is 0 Å². The molecule has 0 amide bonds. The molecule has 1 aromatic heterocycles. The molecule has 1 aliphatic carbocycles. The molecular weight excluding hydrogens is 192 g/mol. The van der Waals surface area contributed by atoms with Gasteiger partial charge in [0.25, 0.3) is 0 Å². The van der Waals surface area contributed by atoms with Crippen molar-refractivity contribution in [2.24, 2.45) is 12.8 Å². The third kappa shape index (κ3) is 1.45. The first kappa shape index (κ1) is 10.2. The molecule has 0 aromatic carbocycles. The van der Waals surface area contributed by atoms with Crippen LogP contribution in [0, 0.1) is 0 Å². The summed E-state index contributed by atoms with van der Waals surface area (Å²) < 4.78 is 6.60. The second-order valence-electron chi connectivity index (χ2n) is 4.14. The van der Waals surface area contributed by atoms with Gasteiger partial charge in [0, 0.05) is 24.7 Å². The van der Waals surface area contributed by atoms with Gasteiger partial charge in [-0.3, -0.25) is 0 Å². The monoisotopic (exact) mass is 208 g/mol. The lowest BCUT2D eigenvalue weighted by Crippen LogP contribution is -2.23. The first-order valence-corrected chi connectivity index (χ1v) is 5.09. The molecule has 0 spiro atoms. The topological polar surface area (TPSA) is 57.2 Å². The van der Waals surface area contributed by atoms with E-state index in [1.807, 2.05) is 17.7 Å². The van der Waals surface area contributed by atoms with Crippen molar-refractivity contribution in [3.05, 3.63) is 23.5 Å². The number of carbonyl (C=O) groups excluding carboxylic acids is 1. The predicted molar refractivity (Wildman–Crippen MR) is 56.7 cm³/mol. The Balaban J connectivity index is 2.36. The van der Waals surface area contributed by atoms with Crippen LogP contribution in [0.25, 0.3) is 0 Å². The Bertz CT molecular complexity index is 391. The van der Waals surface area contributed by atoms with Crippen molar-refractivity contribution in [3.63, 3.8) is 0 Å². The summed E-state index contributed by atoms with van der Waals surface area (Å²) in [6.07, 6.45) is 2.23. The van der Waals surface area contributed by atoms with Crippen LogP contribution in [0.3, 0.4) is 0 Å². The summed E-state index contributed by atoms with van der Waals surface area (Å²) in [5, 5.41) is 0. The first-order valence-electron chi connectivity index (χ1n) is 5.09. The van der Waals surface area contributed by atoms with Gasteiger partial charge in [-0.1, -0.05) is 0 Å². The number of hydrogen-bond donors (Lipinski definition) is 1. The smallest absolute Gasteiger partial charge is 0.354 e. The summed E-state index contributed by atoms with van der Waals surface area (Å²) in [6.45, 7) is 0.644. The van der Waals surface area contributed by atoms with Crippen molar-refractivity contribution in [1.29, 1.82) is 0 Å².